The third-order valence-corrected chi connectivity index (χ3v) is 5.39. The number of amides is 1. The number of hydrogen-bond acceptors (Lipinski definition) is 4. The molecule has 1 amide bonds. The van der Waals surface area contributed by atoms with Crippen molar-refractivity contribution in [2.75, 3.05) is 39.4 Å². The van der Waals surface area contributed by atoms with Crippen LogP contribution in [0.5, 0.6) is 0 Å². The Labute approximate surface area is 170 Å². The molecule has 2 heterocycles. The summed E-state index contributed by atoms with van der Waals surface area (Å²) in [5.74, 6) is -0.753. The van der Waals surface area contributed by atoms with Crippen molar-refractivity contribution in [3.63, 3.8) is 0 Å². The van der Waals surface area contributed by atoms with E-state index in [0.717, 1.165) is 45.0 Å². The number of ether oxygens (including phenoxy) is 1. The average Bonchev–Trinajstić information content (AvgIpc) is 2.71. The highest BCUT2D eigenvalue weighted by atomic mass is 19.1. The second kappa shape index (κ2) is 9.80. The maximum atomic E-state index is 14.2. The second-order valence-electron chi connectivity index (χ2n) is 7.36. The van der Waals surface area contributed by atoms with Crippen molar-refractivity contribution in [2.45, 2.75) is 19.8 Å². The lowest BCUT2D eigenvalue weighted by molar-refractivity contribution is 0.0374. The fourth-order valence-corrected chi connectivity index (χ4v) is 3.57. The van der Waals surface area contributed by atoms with Crippen LogP contribution in [0.2, 0.25) is 0 Å². The van der Waals surface area contributed by atoms with Crippen LogP contribution in [0.1, 0.15) is 33.7 Å². The van der Waals surface area contributed by atoms with Crippen molar-refractivity contribution in [1.29, 1.82) is 0 Å². The van der Waals surface area contributed by atoms with E-state index in [0.29, 0.717) is 17.8 Å². The number of hydrogen-bond donors (Lipinski definition) is 1. The molecule has 0 unspecified atom stereocenters. The normalized spacial score (nSPS) is 14.7. The van der Waals surface area contributed by atoms with Gasteiger partial charge in [0.15, 0.2) is 5.43 Å². The topological polar surface area (TPSA) is 63.6 Å². The number of halogens is 1. The van der Waals surface area contributed by atoms with Gasteiger partial charge >= 0.3 is 0 Å². The van der Waals surface area contributed by atoms with Gasteiger partial charge in [-0.3, -0.25) is 14.5 Å². The number of nitrogens with one attached hydrogen (secondary N) is 1. The van der Waals surface area contributed by atoms with Gasteiger partial charge in [-0.2, -0.15) is 0 Å². The Balaban J connectivity index is 1.73. The van der Waals surface area contributed by atoms with E-state index in [4.69, 9.17) is 4.74 Å². The van der Waals surface area contributed by atoms with E-state index in [2.05, 4.69) is 10.2 Å². The van der Waals surface area contributed by atoms with E-state index in [9.17, 15) is 14.0 Å². The Morgan fingerprint density at radius 1 is 1.24 bits per heavy atom. The van der Waals surface area contributed by atoms with Crippen LogP contribution in [0.15, 0.2) is 35.1 Å². The second-order valence-corrected chi connectivity index (χ2v) is 7.36. The molecular weight excluding hydrogens is 373 g/mol. The molecule has 1 aromatic heterocycles. The highest BCUT2D eigenvalue weighted by Gasteiger charge is 2.20. The zero-order valence-electron chi connectivity index (χ0n) is 17.0. The maximum absolute atomic E-state index is 14.2. The molecule has 1 aliphatic heterocycles. The van der Waals surface area contributed by atoms with Gasteiger partial charge in [-0.15, -0.1) is 0 Å². The fourth-order valence-electron chi connectivity index (χ4n) is 3.57. The summed E-state index contributed by atoms with van der Waals surface area (Å²) in [5, 5.41) is 2.86. The molecule has 0 radical (unpaired) electrons. The number of carbonyl (C=O) groups excluding carboxylic acids is 1. The summed E-state index contributed by atoms with van der Waals surface area (Å²) in [5.41, 5.74) is 1.45. The predicted octanol–water partition coefficient (Wildman–Crippen LogP) is 1.88. The molecule has 0 saturated carbocycles. The van der Waals surface area contributed by atoms with Crippen LogP contribution >= 0.6 is 0 Å². The van der Waals surface area contributed by atoms with Gasteiger partial charge < -0.3 is 14.6 Å². The summed E-state index contributed by atoms with van der Waals surface area (Å²) in [4.78, 5) is 27.7. The molecule has 0 aliphatic carbocycles. The van der Waals surface area contributed by atoms with Crippen molar-refractivity contribution < 1.29 is 13.9 Å². The lowest BCUT2D eigenvalue weighted by atomic mass is 10.0. The van der Waals surface area contributed by atoms with Gasteiger partial charge in [-0.25, -0.2) is 4.39 Å². The number of morpholine rings is 1. The first-order valence-electron chi connectivity index (χ1n) is 9.98. The molecule has 0 atom stereocenters. The molecule has 0 bridgehead atoms. The van der Waals surface area contributed by atoms with Crippen LogP contribution in [-0.2, 0) is 18.2 Å². The Bertz CT molecular complexity index is 920. The first kappa shape index (κ1) is 21.2. The van der Waals surface area contributed by atoms with Gasteiger partial charge in [0.2, 0.25) is 0 Å². The Hall–Kier alpha value is -2.51. The summed E-state index contributed by atoms with van der Waals surface area (Å²) in [6.07, 6.45) is 0.969. The van der Waals surface area contributed by atoms with Crippen molar-refractivity contribution in [1.82, 2.24) is 14.8 Å². The van der Waals surface area contributed by atoms with Gasteiger partial charge in [0, 0.05) is 50.6 Å². The van der Waals surface area contributed by atoms with Crippen LogP contribution in [-0.4, -0.2) is 54.8 Å². The number of nitrogens with zero attached hydrogens (tertiary/aromatic N) is 2. The Kier molecular flexibility index (Phi) is 7.17. The first-order chi connectivity index (χ1) is 14.0. The number of benzene rings is 1. The Morgan fingerprint density at radius 2 is 1.97 bits per heavy atom. The van der Waals surface area contributed by atoms with E-state index in [1.54, 1.807) is 36.7 Å². The molecule has 1 saturated heterocycles. The fraction of sp³-hybridized carbons (Fsp3) is 0.455. The van der Waals surface area contributed by atoms with Crippen molar-refractivity contribution in [2.24, 2.45) is 7.05 Å². The van der Waals surface area contributed by atoms with Crippen LogP contribution < -0.4 is 10.7 Å². The van der Waals surface area contributed by atoms with E-state index in [1.165, 1.54) is 12.1 Å². The minimum atomic E-state index is -0.404. The standard InChI is InChI=1S/C22H28FN3O3/c1-16-14-20(27)21(19(25(16)2)15-17-6-3-4-7-18(17)23)22(28)24-8-5-9-26-10-12-29-13-11-26/h3-4,6-7,14H,5,8-13,15H2,1-2H3,(H,24,28). The number of aryl methyl sites for hydroxylation is 1. The number of carbonyl (C=O) groups is 1. The number of rotatable bonds is 7. The van der Waals surface area contributed by atoms with Gasteiger partial charge in [-0.05, 0) is 31.5 Å². The molecule has 1 fully saturated rings. The molecule has 156 valence electrons. The molecule has 29 heavy (non-hydrogen) atoms. The van der Waals surface area contributed by atoms with Crippen LogP contribution in [0, 0.1) is 12.7 Å². The van der Waals surface area contributed by atoms with E-state index in [1.807, 2.05) is 0 Å². The molecular formula is C22H28FN3O3. The largest absolute Gasteiger partial charge is 0.379 e. The molecule has 1 aliphatic rings. The quantitative estimate of drug-likeness (QED) is 0.720. The van der Waals surface area contributed by atoms with E-state index in [-0.39, 0.29) is 23.2 Å². The lowest BCUT2D eigenvalue weighted by Gasteiger charge is -2.26. The van der Waals surface area contributed by atoms with Gasteiger partial charge in [0.05, 0.1) is 13.2 Å². The third-order valence-electron chi connectivity index (χ3n) is 5.39. The van der Waals surface area contributed by atoms with Crippen LogP contribution in [0.25, 0.3) is 0 Å². The van der Waals surface area contributed by atoms with Crippen LogP contribution in [0.3, 0.4) is 0 Å². The zero-order chi connectivity index (χ0) is 20.8. The summed E-state index contributed by atoms with van der Waals surface area (Å²) in [6.45, 7) is 6.44. The van der Waals surface area contributed by atoms with Crippen molar-refractivity contribution in [3.05, 3.63) is 68.9 Å². The monoisotopic (exact) mass is 401 g/mol. The molecule has 1 N–H and O–H groups in total. The zero-order valence-corrected chi connectivity index (χ0v) is 17.0. The predicted molar refractivity (Wildman–Crippen MR) is 110 cm³/mol. The molecule has 3 rings (SSSR count). The molecule has 6 nitrogen and oxygen atoms in total. The first-order valence-corrected chi connectivity index (χ1v) is 9.98. The number of aromatic nitrogens is 1. The van der Waals surface area contributed by atoms with E-state index < -0.39 is 5.91 Å². The third kappa shape index (κ3) is 5.31. The molecule has 0 spiro atoms. The van der Waals surface area contributed by atoms with Crippen LogP contribution in [0.4, 0.5) is 4.39 Å². The summed E-state index contributed by atoms with van der Waals surface area (Å²) < 4.78 is 21.3. The highest BCUT2D eigenvalue weighted by Crippen LogP contribution is 2.16. The molecule has 7 heteroatoms. The molecule has 2 aromatic rings. The van der Waals surface area contributed by atoms with Gasteiger partial charge in [-0.1, -0.05) is 18.2 Å². The maximum Gasteiger partial charge on any atom is 0.257 e. The minimum absolute atomic E-state index is 0.0905. The summed E-state index contributed by atoms with van der Waals surface area (Å²) >= 11 is 0. The SMILES string of the molecule is Cc1cc(=O)c(C(=O)NCCCN2CCOCC2)c(Cc2ccccc2F)n1C. The van der Waals surface area contributed by atoms with Gasteiger partial charge in [0.25, 0.3) is 5.91 Å². The highest BCUT2D eigenvalue weighted by molar-refractivity contribution is 5.95. The summed E-state index contributed by atoms with van der Waals surface area (Å²) in [7, 11) is 1.79. The van der Waals surface area contributed by atoms with Gasteiger partial charge in [0.1, 0.15) is 11.4 Å². The Morgan fingerprint density at radius 3 is 2.69 bits per heavy atom. The van der Waals surface area contributed by atoms with E-state index >= 15 is 0 Å². The summed E-state index contributed by atoms with van der Waals surface area (Å²) in [6, 6.07) is 7.88. The minimum Gasteiger partial charge on any atom is -0.379 e. The smallest absolute Gasteiger partial charge is 0.257 e. The average molecular weight is 401 g/mol. The van der Waals surface area contributed by atoms with Crippen molar-refractivity contribution >= 4 is 5.91 Å². The lowest BCUT2D eigenvalue weighted by Crippen LogP contribution is -2.38. The molecule has 1 aromatic carbocycles. The number of pyridine rings is 1. The van der Waals surface area contributed by atoms with Crippen molar-refractivity contribution in [3.8, 4) is 0 Å².